The molecule has 0 aliphatic carbocycles. The lowest BCUT2D eigenvalue weighted by Gasteiger charge is -2.09. The van der Waals surface area contributed by atoms with E-state index in [1.54, 1.807) is 6.92 Å². The number of aliphatic carboxylic acids is 1. The van der Waals surface area contributed by atoms with Crippen molar-refractivity contribution in [3.63, 3.8) is 0 Å². The molecule has 0 radical (unpaired) electrons. The Hall–Kier alpha value is -1.01. The van der Waals surface area contributed by atoms with Gasteiger partial charge in [-0.3, -0.25) is 0 Å². The second kappa shape index (κ2) is 5.66. The van der Waals surface area contributed by atoms with Gasteiger partial charge in [0.05, 0.1) is 6.20 Å². The molecule has 1 unspecified atom stereocenters. The van der Waals surface area contributed by atoms with Crippen molar-refractivity contribution >= 4 is 17.7 Å². The summed E-state index contributed by atoms with van der Waals surface area (Å²) in [5.41, 5.74) is 0. The van der Waals surface area contributed by atoms with Crippen LogP contribution in [0.4, 0.5) is 0 Å². The highest BCUT2D eigenvalue weighted by atomic mass is 32.2. The Morgan fingerprint density at radius 3 is 3.14 bits per heavy atom. The third-order valence-corrected chi connectivity index (χ3v) is 2.33. The zero-order valence-corrected chi connectivity index (χ0v) is 8.49. The molecule has 0 spiro atoms. The fraction of sp³-hybridized carbons (Fsp3) is 0.500. The van der Waals surface area contributed by atoms with Gasteiger partial charge in [-0.05, 0) is 6.92 Å². The Labute approximate surface area is 85.5 Å². The summed E-state index contributed by atoms with van der Waals surface area (Å²) >= 11 is 1.22. The minimum atomic E-state index is -0.967. The number of hydrogen-bond acceptors (Lipinski definition) is 5. The number of thioether (sulfide) groups is 1. The average Bonchev–Trinajstić information content (AvgIpc) is 2.64. The molecule has 1 rings (SSSR count). The molecule has 0 aromatic carbocycles. The van der Waals surface area contributed by atoms with Crippen molar-refractivity contribution in [1.82, 2.24) is 4.98 Å². The molecular formula is C8H11NO4S. The van der Waals surface area contributed by atoms with Crippen LogP contribution in [0.1, 0.15) is 6.92 Å². The lowest BCUT2D eigenvalue weighted by molar-refractivity contribution is -0.148. The molecule has 0 saturated heterocycles. The number of carboxylic acid groups (broad SMARTS) is 1. The molecule has 78 valence electrons. The summed E-state index contributed by atoms with van der Waals surface area (Å²) in [7, 11) is 0. The Morgan fingerprint density at radius 2 is 2.64 bits per heavy atom. The van der Waals surface area contributed by atoms with Crippen LogP contribution in [0.25, 0.3) is 0 Å². The Bertz CT molecular complexity index is 275. The first-order valence-corrected chi connectivity index (χ1v) is 5.09. The molecule has 0 aliphatic rings. The van der Waals surface area contributed by atoms with Crippen LogP contribution >= 0.6 is 11.8 Å². The fourth-order valence-corrected chi connectivity index (χ4v) is 1.61. The van der Waals surface area contributed by atoms with Gasteiger partial charge in [-0.2, -0.15) is 0 Å². The first kappa shape index (κ1) is 11.1. The minimum absolute atomic E-state index is 0.295. The SMILES string of the molecule is CCOC(CSc1ncco1)C(=O)O. The molecule has 6 heteroatoms. The summed E-state index contributed by atoms with van der Waals surface area (Å²) < 4.78 is 9.96. The quantitative estimate of drug-likeness (QED) is 0.723. The van der Waals surface area contributed by atoms with E-state index in [9.17, 15) is 4.79 Å². The summed E-state index contributed by atoms with van der Waals surface area (Å²) in [6, 6.07) is 0. The number of carboxylic acids is 1. The highest BCUT2D eigenvalue weighted by Gasteiger charge is 2.18. The first-order chi connectivity index (χ1) is 6.74. The normalized spacial score (nSPS) is 12.6. The highest BCUT2D eigenvalue weighted by molar-refractivity contribution is 7.99. The predicted molar refractivity (Wildman–Crippen MR) is 50.3 cm³/mol. The maximum atomic E-state index is 10.7. The van der Waals surface area contributed by atoms with Crippen molar-refractivity contribution in [3.8, 4) is 0 Å². The van der Waals surface area contributed by atoms with E-state index in [1.165, 1.54) is 24.2 Å². The van der Waals surface area contributed by atoms with Gasteiger partial charge in [0.2, 0.25) is 0 Å². The van der Waals surface area contributed by atoms with E-state index in [2.05, 4.69) is 4.98 Å². The maximum Gasteiger partial charge on any atom is 0.333 e. The van der Waals surface area contributed by atoms with Crippen molar-refractivity contribution in [3.05, 3.63) is 12.5 Å². The van der Waals surface area contributed by atoms with Gasteiger partial charge >= 0.3 is 5.97 Å². The summed E-state index contributed by atoms with van der Waals surface area (Å²) in [6.07, 6.45) is 2.15. The smallest absolute Gasteiger partial charge is 0.333 e. The molecule has 0 amide bonds. The minimum Gasteiger partial charge on any atom is -0.479 e. The molecule has 1 heterocycles. The molecule has 0 bridgehead atoms. The van der Waals surface area contributed by atoms with Gasteiger partial charge in [0.15, 0.2) is 6.10 Å². The number of aromatic nitrogens is 1. The second-order valence-corrected chi connectivity index (χ2v) is 3.36. The van der Waals surface area contributed by atoms with Crippen LogP contribution in [0.15, 0.2) is 22.1 Å². The maximum absolute atomic E-state index is 10.7. The van der Waals surface area contributed by atoms with E-state index < -0.39 is 12.1 Å². The topological polar surface area (TPSA) is 72.6 Å². The van der Waals surface area contributed by atoms with E-state index in [4.69, 9.17) is 14.3 Å². The molecule has 0 fully saturated rings. The van der Waals surface area contributed by atoms with Crippen LogP contribution < -0.4 is 0 Å². The second-order valence-electron chi connectivity index (χ2n) is 2.39. The number of ether oxygens (including phenoxy) is 1. The van der Waals surface area contributed by atoms with E-state index >= 15 is 0 Å². The number of carbonyl (C=O) groups is 1. The lowest BCUT2D eigenvalue weighted by atomic mass is 10.4. The molecule has 0 aliphatic heterocycles. The molecule has 1 aromatic rings. The Morgan fingerprint density at radius 1 is 1.86 bits per heavy atom. The number of nitrogens with zero attached hydrogens (tertiary/aromatic N) is 1. The monoisotopic (exact) mass is 217 g/mol. The van der Waals surface area contributed by atoms with Gasteiger partial charge in [-0.15, -0.1) is 0 Å². The van der Waals surface area contributed by atoms with Crippen LogP contribution in [0.5, 0.6) is 0 Å². The molecule has 0 saturated carbocycles. The number of oxazole rings is 1. The van der Waals surface area contributed by atoms with Crippen molar-refractivity contribution < 1.29 is 19.1 Å². The van der Waals surface area contributed by atoms with E-state index in [1.807, 2.05) is 0 Å². The highest BCUT2D eigenvalue weighted by Crippen LogP contribution is 2.16. The van der Waals surface area contributed by atoms with Gasteiger partial charge in [0.1, 0.15) is 6.26 Å². The first-order valence-electron chi connectivity index (χ1n) is 4.10. The van der Waals surface area contributed by atoms with Gasteiger partial charge < -0.3 is 14.3 Å². The van der Waals surface area contributed by atoms with Gasteiger partial charge in [0.25, 0.3) is 5.22 Å². The largest absolute Gasteiger partial charge is 0.479 e. The zero-order valence-electron chi connectivity index (χ0n) is 7.67. The lowest BCUT2D eigenvalue weighted by Crippen LogP contribution is -2.26. The van der Waals surface area contributed by atoms with Crippen LogP contribution in [-0.4, -0.2) is 34.5 Å². The standard InChI is InChI=1S/C8H11NO4S/c1-2-12-6(7(10)11)5-14-8-9-3-4-13-8/h3-4,6H,2,5H2,1H3,(H,10,11). The third kappa shape index (κ3) is 3.39. The molecule has 1 aromatic heterocycles. The van der Waals surface area contributed by atoms with Crippen molar-refractivity contribution in [2.45, 2.75) is 18.3 Å². The molecule has 1 N–H and O–H groups in total. The Balaban J connectivity index is 2.37. The third-order valence-electron chi connectivity index (χ3n) is 1.41. The summed E-state index contributed by atoms with van der Waals surface area (Å²) in [6.45, 7) is 2.13. The van der Waals surface area contributed by atoms with Crippen LogP contribution in [0.3, 0.4) is 0 Å². The van der Waals surface area contributed by atoms with Crippen LogP contribution in [-0.2, 0) is 9.53 Å². The molecular weight excluding hydrogens is 206 g/mol. The van der Waals surface area contributed by atoms with E-state index in [0.717, 1.165) is 0 Å². The summed E-state index contributed by atoms with van der Waals surface area (Å²) in [5, 5.41) is 9.20. The van der Waals surface area contributed by atoms with E-state index in [-0.39, 0.29) is 0 Å². The average molecular weight is 217 g/mol. The number of rotatable bonds is 6. The summed E-state index contributed by atoms with van der Waals surface area (Å²) in [5.74, 6) is -0.671. The van der Waals surface area contributed by atoms with Crippen molar-refractivity contribution in [2.75, 3.05) is 12.4 Å². The van der Waals surface area contributed by atoms with Crippen LogP contribution in [0, 0.1) is 0 Å². The predicted octanol–water partition coefficient (Wildman–Crippen LogP) is 1.26. The van der Waals surface area contributed by atoms with Crippen molar-refractivity contribution in [2.24, 2.45) is 0 Å². The van der Waals surface area contributed by atoms with Crippen molar-refractivity contribution in [1.29, 1.82) is 0 Å². The zero-order chi connectivity index (χ0) is 10.4. The Kier molecular flexibility index (Phi) is 4.48. The van der Waals surface area contributed by atoms with Crippen LogP contribution in [0.2, 0.25) is 0 Å². The van der Waals surface area contributed by atoms with E-state index in [0.29, 0.717) is 17.6 Å². The summed E-state index contributed by atoms with van der Waals surface area (Å²) in [4.78, 5) is 14.5. The number of hydrogen-bond donors (Lipinski definition) is 1. The molecule has 1 atom stereocenters. The van der Waals surface area contributed by atoms with Gasteiger partial charge in [-0.25, -0.2) is 9.78 Å². The molecule has 14 heavy (non-hydrogen) atoms. The molecule has 5 nitrogen and oxygen atoms in total. The van der Waals surface area contributed by atoms with Gasteiger partial charge in [0, 0.05) is 12.4 Å². The van der Waals surface area contributed by atoms with Gasteiger partial charge in [-0.1, -0.05) is 11.8 Å². The fourth-order valence-electron chi connectivity index (χ4n) is 0.820.